The highest BCUT2D eigenvalue weighted by atomic mass is 19.1. The van der Waals surface area contributed by atoms with Gasteiger partial charge in [-0.05, 0) is 55.7 Å². The van der Waals surface area contributed by atoms with Gasteiger partial charge in [0.05, 0.1) is 11.3 Å². The van der Waals surface area contributed by atoms with Crippen LogP contribution in [0.1, 0.15) is 24.5 Å². The fraction of sp³-hybridized carbons (Fsp3) is 0.235. The van der Waals surface area contributed by atoms with Gasteiger partial charge in [0.1, 0.15) is 17.6 Å². The van der Waals surface area contributed by atoms with Crippen molar-refractivity contribution in [3.05, 3.63) is 59.4 Å². The van der Waals surface area contributed by atoms with E-state index in [-0.39, 0.29) is 11.8 Å². The van der Waals surface area contributed by atoms with Crippen LogP contribution < -0.4 is 5.32 Å². The number of hydrogen-bond donors (Lipinski definition) is 2. The smallest absolute Gasteiger partial charge is 0.124 e. The van der Waals surface area contributed by atoms with E-state index < -0.39 is 5.82 Å². The van der Waals surface area contributed by atoms with E-state index in [4.69, 9.17) is 5.26 Å². The minimum absolute atomic E-state index is 0.149. The number of phenolic OH excluding ortho intramolecular Hbond substituents is 1. The Balaban J connectivity index is 1.94. The van der Waals surface area contributed by atoms with Crippen molar-refractivity contribution in [3.8, 4) is 11.8 Å². The average molecular weight is 284 g/mol. The second kappa shape index (κ2) is 6.76. The minimum atomic E-state index is -0.408. The Bertz CT molecular complexity index is 647. The number of phenols is 1. The van der Waals surface area contributed by atoms with E-state index in [1.807, 2.05) is 25.1 Å². The lowest BCUT2D eigenvalue weighted by Crippen LogP contribution is -2.16. The molecule has 0 amide bonds. The molecule has 0 fully saturated rings. The SMILES string of the molecule is CC(CCc1ccc(O)cc1)Nc1ccc(F)cc1C#N. The van der Waals surface area contributed by atoms with E-state index in [1.54, 1.807) is 18.2 Å². The second-order valence-electron chi connectivity index (χ2n) is 5.05. The van der Waals surface area contributed by atoms with E-state index in [0.29, 0.717) is 11.3 Å². The Morgan fingerprint density at radius 3 is 2.62 bits per heavy atom. The number of aromatic hydroxyl groups is 1. The van der Waals surface area contributed by atoms with Gasteiger partial charge in [0.2, 0.25) is 0 Å². The Morgan fingerprint density at radius 1 is 1.24 bits per heavy atom. The molecule has 2 aromatic rings. The standard InChI is InChI=1S/C17H17FN2O/c1-12(2-3-13-4-7-16(21)8-5-13)20-17-9-6-15(18)10-14(17)11-19/h4-10,12,20-21H,2-3H2,1H3. The topological polar surface area (TPSA) is 56.0 Å². The number of halogens is 1. The van der Waals surface area contributed by atoms with Crippen LogP contribution in [0.3, 0.4) is 0 Å². The van der Waals surface area contributed by atoms with Crippen LogP contribution in [0, 0.1) is 17.1 Å². The summed E-state index contributed by atoms with van der Waals surface area (Å²) in [6.45, 7) is 2.02. The molecule has 2 rings (SSSR count). The Kier molecular flexibility index (Phi) is 4.78. The highest BCUT2D eigenvalue weighted by Crippen LogP contribution is 2.18. The van der Waals surface area contributed by atoms with Crippen molar-refractivity contribution >= 4 is 5.69 Å². The lowest BCUT2D eigenvalue weighted by atomic mass is 10.1. The summed E-state index contributed by atoms with van der Waals surface area (Å²) in [7, 11) is 0. The van der Waals surface area contributed by atoms with Gasteiger partial charge in [-0.1, -0.05) is 12.1 Å². The molecule has 0 aliphatic carbocycles. The van der Waals surface area contributed by atoms with Crippen LogP contribution in [0.15, 0.2) is 42.5 Å². The van der Waals surface area contributed by atoms with E-state index in [2.05, 4.69) is 5.32 Å². The maximum absolute atomic E-state index is 13.1. The Hall–Kier alpha value is -2.54. The van der Waals surface area contributed by atoms with Crippen LogP contribution >= 0.6 is 0 Å². The first-order chi connectivity index (χ1) is 10.1. The lowest BCUT2D eigenvalue weighted by Gasteiger charge is -2.16. The summed E-state index contributed by atoms with van der Waals surface area (Å²) in [6, 6.07) is 13.4. The first-order valence-electron chi connectivity index (χ1n) is 6.82. The van der Waals surface area contributed by atoms with Crippen molar-refractivity contribution in [2.24, 2.45) is 0 Å². The molecule has 3 nitrogen and oxygen atoms in total. The summed E-state index contributed by atoms with van der Waals surface area (Å²) in [4.78, 5) is 0. The summed E-state index contributed by atoms with van der Waals surface area (Å²) in [5, 5.41) is 21.5. The van der Waals surface area contributed by atoms with Crippen molar-refractivity contribution in [3.63, 3.8) is 0 Å². The normalized spacial score (nSPS) is 11.7. The maximum Gasteiger partial charge on any atom is 0.124 e. The molecule has 21 heavy (non-hydrogen) atoms. The third kappa shape index (κ3) is 4.22. The fourth-order valence-corrected chi connectivity index (χ4v) is 2.12. The Labute approximate surface area is 123 Å². The van der Waals surface area contributed by atoms with Crippen molar-refractivity contribution in [1.29, 1.82) is 5.26 Å². The van der Waals surface area contributed by atoms with Crippen molar-refractivity contribution in [2.45, 2.75) is 25.8 Å². The van der Waals surface area contributed by atoms with Gasteiger partial charge in [-0.3, -0.25) is 0 Å². The number of rotatable bonds is 5. The number of aryl methyl sites for hydroxylation is 1. The van der Waals surface area contributed by atoms with Crippen LogP contribution in [-0.2, 0) is 6.42 Å². The summed E-state index contributed by atoms with van der Waals surface area (Å²) in [5.74, 6) is -0.149. The predicted molar refractivity (Wildman–Crippen MR) is 80.6 cm³/mol. The van der Waals surface area contributed by atoms with Gasteiger partial charge < -0.3 is 10.4 Å². The number of nitriles is 1. The van der Waals surface area contributed by atoms with Crippen molar-refractivity contribution in [1.82, 2.24) is 0 Å². The zero-order valence-electron chi connectivity index (χ0n) is 11.8. The summed E-state index contributed by atoms with van der Waals surface area (Å²) < 4.78 is 13.1. The first-order valence-corrected chi connectivity index (χ1v) is 6.82. The molecule has 0 aliphatic heterocycles. The summed E-state index contributed by atoms with van der Waals surface area (Å²) in [5.41, 5.74) is 2.10. The molecule has 0 heterocycles. The second-order valence-corrected chi connectivity index (χ2v) is 5.05. The van der Waals surface area contributed by atoms with Crippen molar-refractivity contribution < 1.29 is 9.50 Å². The molecule has 0 aliphatic rings. The van der Waals surface area contributed by atoms with Gasteiger partial charge in [0, 0.05) is 6.04 Å². The predicted octanol–water partition coefficient (Wildman–Crippen LogP) is 3.84. The fourth-order valence-electron chi connectivity index (χ4n) is 2.12. The molecule has 0 saturated carbocycles. The first kappa shape index (κ1) is 14.9. The molecule has 0 radical (unpaired) electrons. The molecular formula is C17H17FN2O. The van der Waals surface area contributed by atoms with E-state index >= 15 is 0 Å². The number of anilines is 1. The lowest BCUT2D eigenvalue weighted by molar-refractivity contribution is 0.475. The monoisotopic (exact) mass is 284 g/mol. The van der Waals surface area contributed by atoms with Crippen LogP contribution in [0.5, 0.6) is 5.75 Å². The zero-order chi connectivity index (χ0) is 15.2. The van der Waals surface area contributed by atoms with E-state index in [9.17, 15) is 9.50 Å². The van der Waals surface area contributed by atoms with Gasteiger partial charge in [0.25, 0.3) is 0 Å². The molecule has 0 saturated heterocycles. The third-order valence-corrected chi connectivity index (χ3v) is 3.31. The molecule has 1 atom stereocenters. The minimum Gasteiger partial charge on any atom is -0.508 e. The Morgan fingerprint density at radius 2 is 1.95 bits per heavy atom. The van der Waals surface area contributed by atoms with Crippen LogP contribution in [-0.4, -0.2) is 11.1 Å². The van der Waals surface area contributed by atoms with Crippen molar-refractivity contribution in [2.75, 3.05) is 5.32 Å². The third-order valence-electron chi connectivity index (χ3n) is 3.31. The summed E-state index contributed by atoms with van der Waals surface area (Å²) in [6.07, 6.45) is 1.73. The van der Waals surface area contributed by atoms with Gasteiger partial charge in [-0.25, -0.2) is 4.39 Å². The summed E-state index contributed by atoms with van der Waals surface area (Å²) >= 11 is 0. The van der Waals surface area contributed by atoms with E-state index in [1.165, 1.54) is 12.1 Å². The van der Waals surface area contributed by atoms with Gasteiger partial charge in [-0.2, -0.15) is 5.26 Å². The molecule has 108 valence electrons. The van der Waals surface area contributed by atoms with Gasteiger partial charge in [0.15, 0.2) is 0 Å². The number of benzene rings is 2. The van der Waals surface area contributed by atoms with Crippen LogP contribution in [0.25, 0.3) is 0 Å². The molecule has 0 bridgehead atoms. The molecule has 2 aromatic carbocycles. The molecule has 4 heteroatoms. The molecular weight excluding hydrogens is 267 g/mol. The van der Waals surface area contributed by atoms with Crippen LogP contribution in [0.4, 0.5) is 10.1 Å². The molecule has 2 N–H and O–H groups in total. The number of nitrogens with zero attached hydrogens (tertiary/aromatic N) is 1. The average Bonchev–Trinajstić information content (AvgIpc) is 2.48. The van der Waals surface area contributed by atoms with E-state index in [0.717, 1.165) is 18.4 Å². The highest BCUT2D eigenvalue weighted by molar-refractivity contribution is 5.57. The quantitative estimate of drug-likeness (QED) is 0.877. The highest BCUT2D eigenvalue weighted by Gasteiger charge is 2.08. The maximum atomic E-state index is 13.1. The van der Waals surface area contributed by atoms with Gasteiger partial charge >= 0.3 is 0 Å². The molecule has 0 spiro atoms. The van der Waals surface area contributed by atoms with Gasteiger partial charge in [-0.15, -0.1) is 0 Å². The largest absolute Gasteiger partial charge is 0.508 e. The number of hydrogen-bond acceptors (Lipinski definition) is 3. The molecule has 0 aromatic heterocycles. The molecule has 1 unspecified atom stereocenters. The zero-order valence-corrected chi connectivity index (χ0v) is 11.8. The number of nitrogens with one attached hydrogen (secondary N) is 1. The van der Waals surface area contributed by atoms with Crippen LogP contribution in [0.2, 0.25) is 0 Å².